The molecule has 1 aliphatic rings. The van der Waals surface area contributed by atoms with Gasteiger partial charge in [0.2, 0.25) is 5.91 Å². The highest BCUT2D eigenvalue weighted by molar-refractivity contribution is 5.78. The molecule has 1 unspecified atom stereocenters. The highest BCUT2D eigenvalue weighted by Gasteiger charge is 2.22. The van der Waals surface area contributed by atoms with Gasteiger partial charge in [0.15, 0.2) is 0 Å². The van der Waals surface area contributed by atoms with E-state index in [2.05, 4.69) is 13.8 Å². The van der Waals surface area contributed by atoms with Crippen LogP contribution in [-0.2, 0) is 11.2 Å². The Morgan fingerprint density at radius 1 is 1.25 bits per heavy atom. The number of carbonyl (C=O) groups is 1. The third kappa shape index (κ3) is 3.99. The molecule has 1 fully saturated rings. The van der Waals surface area contributed by atoms with E-state index in [0.29, 0.717) is 6.42 Å². The summed E-state index contributed by atoms with van der Waals surface area (Å²) in [5, 5.41) is 0. The molecule has 1 aromatic rings. The molecule has 2 rings (SSSR count). The first-order chi connectivity index (χ1) is 9.56. The van der Waals surface area contributed by atoms with Gasteiger partial charge in [0.25, 0.3) is 0 Å². The number of nitrogen functional groups attached to an aromatic ring is 1. The standard InChI is InChI=1S/C17H26N2O/c1-13(2)15-4-3-10-19(11-9-15)17(20)12-14-5-7-16(18)8-6-14/h5-8,13,15H,3-4,9-12,18H2,1-2H3. The Morgan fingerprint density at radius 3 is 2.60 bits per heavy atom. The van der Waals surface area contributed by atoms with Gasteiger partial charge in [-0.25, -0.2) is 0 Å². The number of nitrogens with two attached hydrogens (primary N) is 1. The molecule has 2 N–H and O–H groups in total. The lowest BCUT2D eigenvalue weighted by atomic mass is 9.89. The fourth-order valence-corrected chi connectivity index (χ4v) is 2.96. The summed E-state index contributed by atoms with van der Waals surface area (Å²) in [7, 11) is 0. The molecule has 3 heteroatoms. The summed E-state index contributed by atoms with van der Waals surface area (Å²) >= 11 is 0. The highest BCUT2D eigenvalue weighted by Crippen LogP contribution is 2.24. The fourth-order valence-electron chi connectivity index (χ4n) is 2.96. The largest absolute Gasteiger partial charge is 0.399 e. The molecule has 0 aromatic heterocycles. The van der Waals surface area contributed by atoms with Gasteiger partial charge < -0.3 is 10.6 Å². The minimum absolute atomic E-state index is 0.249. The Bertz CT molecular complexity index is 439. The first kappa shape index (κ1) is 14.9. The quantitative estimate of drug-likeness (QED) is 0.861. The molecule has 0 spiro atoms. The monoisotopic (exact) mass is 274 g/mol. The van der Waals surface area contributed by atoms with Crippen LogP contribution in [0.4, 0.5) is 5.69 Å². The van der Waals surface area contributed by atoms with Crippen LogP contribution in [0.15, 0.2) is 24.3 Å². The second kappa shape index (κ2) is 6.78. The Morgan fingerprint density at radius 2 is 1.95 bits per heavy atom. The number of hydrogen-bond acceptors (Lipinski definition) is 2. The van der Waals surface area contributed by atoms with Crippen LogP contribution in [0, 0.1) is 11.8 Å². The van der Waals surface area contributed by atoms with Crippen LogP contribution >= 0.6 is 0 Å². The van der Waals surface area contributed by atoms with E-state index in [1.807, 2.05) is 29.2 Å². The van der Waals surface area contributed by atoms with E-state index in [1.165, 1.54) is 6.42 Å². The molecule has 0 bridgehead atoms. The highest BCUT2D eigenvalue weighted by atomic mass is 16.2. The number of likely N-dealkylation sites (tertiary alicyclic amines) is 1. The van der Waals surface area contributed by atoms with E-state index in [-0.39, 0.29) is 5.91 Å². The van der Waals surface area contributed by atoms with Gasteiger partial charge in [0, 0.05) is 18.8 Å². The van der Waals surface area contributed by atoms with Gasteiger partial charge in [-0.1, -0.05) is 26.0 Å². The topological polar surface area (TPSA) is 46.3 Å². The van der Waals surface area contributed by atoms with Crippen LogP contribution in [0.1, 0.15) is 38.7 Å². The predicted molar refractivity (Wildman–Crippen MR) is 83.3 cm³/mol. The van der Waals surface area contributed by atoms with Crippen molar-refractivity contribution in [2.75, 3.05) is 18.8 Å². The van der Waals surface area contributed by atoms with Crippen LogP contribution in [-0.4, -0.2) is 23.9 Å². The number of hydrogen-bond donors (Lipinski definition) is 1. The molecule has 0 radical (unpaired) electrons. The molecular formula is C17H26N2O. The maximum atomic E-state index is 12.4. The first-order valence-corrected chi connectivity index (χ1v) is 7.68. The lowest BCUT2D eigenvalue weighted by Crippen LogP contribution is -2.33. The van der Waals surface area contributed by atoms with Crippen molar-refractivity contribution in [3.05, 3.63) is 29.8 Å². The molecule has 3 nitrogen and oxygen atoms in total. The summed E-state index contributed by atoms with van der Waals surface area (Å²) in [5.74, 6) is 1.74. The van der Waals surface area contributed by atoms with Crippen molar-refractivity contribution < 1.29 is 4.79 Å². The van der Waals surface area contributed by atoms with Gasteiger partial charge in [-0.2, -0.15) is 0 Å². The van der Waals surface area contributed by atoms with Gasteiger partial charge in [-0.3, -0.25) is 4.79 Å². The summed E-state index contributed by atoms with van der Waals surface area (Å²) in [6.07, 6.45) is 4.03. The summed E-state index contributed by atoms with van der Waals surface area (Å²) in [4.78, 5) is 14.4. The zero-order chi connectivity index (χ0) is 14.5. The third-order valence-corrected chi connectivity index (χ3v) is 4.40. The van der Waals surface area contributed by atoms with Crippen LogP contribution < -0.4 is 5.73 Å². The predicted octanol–water partition coefficient (Wildman–Crippen LogP) is 3.10. The van der Waals surface area contributed by atoms with E-state index < -0.39 is 0 Å². The first-order valence-electron chi connectivity index (χ1n) is 7.68. The van der Waals surface area contributed by atoms with E-state index >= 15 is 0 Å². The zero-order valence-electron chi connectivity index (χ0n) is 12.6. The molecule has 1 atom stereocenters. The number of rotatable bonds is 3. The molecule has 1 aromatic carbocycles. The Labute approximate surface area is 122 Å². The average Bonchev–Trinajstić information content (AvgIpc) is 2.67. The van der Waals surface area contributed by atoms with Crippen molar-refractivity contribution in [2.24, 2.45) is 11.8 Å². The Kier molecular flexibility index (Phi) is 5.05. The summed E-state index contributed by atoms with van der Waals surface area (Å²) in [6.45, 7) is 6.40. The molecule has 0 aliphatic carbocycles. The number of carbonyl (C=O) groups excluding carboxylic acids is 1. The average molecular weight is 274 g/mol. The minimum atomic E-state index is 0.249. The number of amides is 1. The number of anilines is 1. The maximum absolute atomic E-state index is 12.4. The lowest BCUT2D eigenvalue weighted by molar-refractivity contribution is -0.130. The van der Waals surface area contributed by atoms with E-state index in [9.17, 15) is 4.79 Å². The SMILES string of the molecule is CC(C)C1CCCN(C(=O)Cc2ccc(N)cc2)CC1. The van der Waals surface area contributed by atoms with Gasteiger partial charge >= 0.3 is 0 Å². The van der Waals surface area contributed by atoms with Crippen molar-refractivity contribution in [3.8, 4) is 0 Å². The van der Waals surface area contributed by atoms with E-state index in [0.717, 1.165) is 49.0 Å². The molecule has 1 saturated heterocycles. The van der Waals surface area contributed by atoms with E-state index in [4.69, 9.17) is 5.73 Å². The van der Waals surface area contributed by atoms with Crippen LogP contribution in [0.2, 0.25) is 0 Å². The second-order valence-electron chi connectivity index (χ2n) is 6.23. The molecule has 1 amide bonds. The zero-order valence-corrected chi connectivity index (χ0v) is 12.6. The molecule has 1 aliphatic heterocycles. The van der Waals surface area contributed by atoms with Gasteiger partial charge in [-0.05, 0) is 48.8 Å². The summed E-state index contributed by atoms with van der Waals surface area (Å²) in [6, 6.07) is 7.61. The number of nitrogens with zero attached hydrogens (tertiary/aromatic N) is 1. The maximum Gasteiger partial charge on any atom is 0.226 e. The summed E-state index contributed by atoms with van der Waals surface area (Å²) < 4.78 is 0. The Balaban J connectivity index is 1.90. The normalized spacial score (nSPS) is 19.9. The van der Waals surface area contributed by atoms with Crippen LogP contribution in [0.5, 0.6) is 0 Å². The van der Waals surface area contributed by atoms with Crippen LogP contribution in [0.3, 0.4) is 0 Å². The van der Waals surface area contributed by atoms with Crippen molar-refractivity contribution in [1.29, 1.82) is 0 Å². The van der Waals surface area contributed by atoms with Gasteiger partial charge in [0.05, 0.1) is 6.42 Å². The van der Waals surface area contributed by atoms with Crippen molar-refractivity contribution in [1.82, 2.24) is 4.90 Å². The smallest absolute Gasteiger partial charge is 0.226 e. The fraction of sp³-hybridized carbons (Fsp3) is 0.588. The number of benzene rings is 1. The molecule has 0 saturated carbocycles. The molecular weight excluding hydrogens is 248 g/mol. The van der Waals surface area contributed by atoms with Crippen molar-refractivity contribution >= 4 is 11.6 Å². The second-order valence-corrected chi connectivity index (χ2v) is 6.23. The summed E-state index contributed by atoms with van der Waals surface area (Å²) in [5.41, 5.74) is 7.47. The van der Waals surface area contributed by atoms with Crippen molar-refractivity contribution in [3.63, 3.8) is 0 Å². The van der Waals surface area contributed by atoms with Crippen LogP contribution in [0.25, 0.3) is 0 Å². The van der Waals surface area contributed by atoms with Crippen molar-refractivity contribution in [2.45, 2.75) is 39.5 Å². The van der Waals surface area contributed by atoms with Gasteiger partial charge in [-0.15, -0.1) is 0 Å². The molecule has 1 heterocycles. The minimum Gasteiger partial charge on any atom is -0.399 e. The van der Waals surface area contributed by atoms with E-state index in [1.54, 1.807) is 0 Å². The Hall–Kier alpha value is -1.51. The lowest BCUT2D eigenvalue weighted by Gasteiger charge is -2.21. The third-order valence-electron chi connectivity index (χ3n) is 4.40. The molecule has 110 valence electrons. The molecule has 20 heavy (non-hydrogen) atoms. The van der Waals surface area contributed by atoms with Gasteiger partial charge in [0.1, 0.15) is 0 Å².